The number of aromatic nitrogens is 3. The van der Waals surface area contributed by atoms with Crippen molar-refractivity contribution < 1.29 is 9.32 Å². The zero-order valence-corrected chi connectivity index (χ0v) is 14.3. The Morgan fingerprint density at radius 1 is 1.32 bits per heavy atom. The minimum Gasteiger partial charge on any atom is -0.361 e. The molecule has 6 nitrogen and oxygen atoms in total. The van der Waals surface area contributed by atoms with Crippen molar-refractivity contribution in [1.82, 2.24) is 19.6 Å². The summed E-state index contributed by atoms with van der Waals surface area (Å²) in [5.41, 5.74) is 2.41. The van der Waals surface area contributed by atoms with Crippen LogP contribution in [0.2, 0.25) is 0 Å². The van der Waals surface area contributed by atoms with Gasteiger partial charge in [-0.25, -0.2) is 4.98 Å². The molecule has 1 aromatic carbocycles. The molecular weight excluding hydrogens is 316 g/mol. The molecule has 1 aliphatic heterocycles. The molecule has 1 amide bonds. The second-order valence-electron chi connectivity index (χ2n) is 6.27. The molecule has 128 valence electrons. The first kappa shape index (κ1) is 15.6. The summed E-state index contributed by atoms with van der Waals surface area (Å²) in [5.74, 6) is 1.42. The Bertz CT molecular complexity index is 897. The van der Waals surface area contributed by atoms with Crippen molar-refractivity contribution >= 4 is 5.91 Å². The standard InChI is InChI=1S/C19H20N4O2/c1-3-15-18(13(2)25-21-15)19(24)23-12-17-20-9-10-22(17)11-16(23)14-7-5-4-6-8-14/h4-10,16H,3,11-12H2,1-2H3/t16-/m0/s1. The predicted molar refractivity (Wildman–Crippen MR) is 91.9 cm³/mol. The van der Waals surface area contributed by atoms with Crippen LogP contribution in [-0.2, 0) is 19.5 Å². The van der Waals surface area contributed by atoms with Gasteiger partial charge in [0.2, 0.25) is 0 Å². The highest BCUT2D eigenvalue weighted by molar-refractivity contribution is 5.96. The van der Waals surface area contributed by atoms with E-state index in [0.29, 0.717) is 36.5 Å². The zero-order chi connectivity index (χ0) is 17.4. The smallest absolute Gasteiger partial charge is 0.260 e. The van der Waals surface area contributed by atoms with Gasteiger partial charge >= 0.3 is 0 Å². The Labute approximate surface area is 146 Å². The van der Waals surface area contributed by atoms with E-state index in [2.05, 4.69) is 26.8 Å². The van der Waals surface area contributed by atoms with Gasteiger partial charge in [-0.05, 0) is 18.9 Å². The number of amides is 1. The van der Waals surface area contributed by atoms with E-state index in [4.69, 9.17) is 4.52 Å². The zero-order valence-electron chi connectivity index (χ0n) is 14.3. The minimum absolute atomic E-state index is 0.0429. The summed E-state index contributed by atoms with van der Waals surface area (Å²) in [5, 5.41) is 4.04. The maximum absolute atomic E-state index is 13.4. The first-order valence-corrected chi connectivity index (χ1v) is 8.50. The summed E-state index contributed by atoms with van der Waals surface area (Å²) in [6, 6.07) is 10.1. The molecular formula is C19H20N4O2. The van der Waals surface area contributed by atoms with Crippen molar-refractivity contribution in [1.29, 1.82) is 0 Å². The minimum atomic E-state index is -0.0468. The topological polar surface area (TPSA) is 64.2 Å². The van der Waals surface area contributed by atoms with Gasteiger partial charge < -0.3 is 14.0 Å². The van der Waals surface area contributed by atoms with Crippen LogP contribution >= 0.6 is 0 Å². The summed E-state index contributed by atoms with van der Waals surface area (Å²) in [7, 11) is 0. The normalized spacial score (nSPS) is 16.7. The number of hydrogen-bond acceptors (Lipinski definition) is 4. The van der Waals surface area contributed by atoms with Crippen LogP contribution in [0.25, 0.3) is 0 Å². The second kappa shape index (κ2) is 6.20. The van der Waals surface area contributed by atoms with Crippen LogP contribution < -0.4 is 0 Å². The van der Waals surface area contributed by atoms with Gasteiger partial charge in [0, 0.05) is 18.9 Å². The van der Waals surface area contributed by atoms with Crippen LogP contribution in [0.5, 0.6) is 0 Å². The monoisotopic (exact) mass is 336 g/mol. The van der Waals surface area contributed by atoms with Crippen molar-refractivity contribution in [2.24, 2.45) is 0 Å². The Balaban J connectivity index is 1.77. The van der Waals surface area contributed by atoms with Crippen LogP contribution in [0, 0.1) is 6.92 Å². The van der Waals surface area contributed by atoms with E-state index in [1.54, 1.807) is 13.1 Å². The fraction of sp³-hybridized carbons (Fsp3) is 0.316. The number of benzene rings is 1. The van der Waals surface area contributed by atoms with E-state index >= 15 is 0 Å². The SMILES string of the molecule is CCc1noc(C)c1C(=O)N1Cc2nccn2C[C@H]1c1ccccc1. The molecule has 3 heterocycles. The molecule has 0 unspecified atom stereocenters. The molecule has 2 aromatic heterocycles. The second-order valence-corrected chi connectivity index (χ2v) is 6.27. The van der Waals surface area contributed by atoms with Crippen LogP contribution in [0.15, 0.2) is 47.2 Å². The van der Waals surface area contributed by atoms with E-state index in [-0.39, 0.29) is 11.9 Å². The largest absolute Gasteiger partial charge is 0.361 e. The van der Waals surface area contributed by atoms with Crippen LogP contribution in [0.1, 0.15) is 46.2 Å². The van der Waals surface area contributed by atoms with Gasteiger partial charge in [0.05, 0.1) is 18.3 Å². The Morgan fingerprint density at radius 2 is 2.12 bits per heavy atom. The fourth-order valence-electron chi connectivity index (χ4n) is 3.46. The number of imidazole rings is 1. The predicted octanol–water partition coefficient (Wildman–Crippen LogP) is 3.14. The lowest BCUT2D eigenvalue weighted by molar-refractivity contribution is 0.0581. The van der Waals surface area contributed by atoms with E-state index < -0.39 is 0 Å². The molecule has 0 N–H and O–H groups in total. The average molecular weight is 336 g/mol. The maximum atomic E-state index is 13.4. The molecule has 25 heavy (non-hydrogen) atoms. The highest BCUT2D eigenvalue weighted by atomic mass is 16.5. The summed E-state index contributed by atoms with van der Waals surface area (Å²) < 4.78 is 7.39. The highest BCUT2D eigenvalue weighted by Crippen LogP contribution is 2.31. The van der Waals surface area contributed by atoms with Crippen molar-refractivity contribution in [2.75, 3.05) is 0 Å². The fourth-order valence-corrected chi connectivity index (χ4v) is 3.46. The molecule has 6 heteroatoms. The van der Waals surface area contributed by atoms with E-state index in [0.717, 1.165) is 11.4 Å². The van der Waals surface area contributed by atoms with E-state index in [9.17, 15) is 4.79 Å². The average Bonchev–Trinajstić information content (AvgIpc) is 3.26. The van der Waals surface area contributed by atoms with Gasteiger partial charge in [-0.1, -0.05) is 42.4 Å². The Morgan fingerprint density at radius 3 is 2.88 bits per heavy atom. The third-order valence-corrected chi connectivity index (χ3v) is 4.79. The first-order chi connectivity index (χ1) is 12.2. The van der Waals surface area contributed by atoms with Gasteiger partial charge in [-0.2, -0.15) is 0 Å². The van der Waals surface area contributed by atoms with Crippen LogP contribution in [0.3, 0.4) is 0 Å². The summed E-state index contributed by atoms with van der Waals surface area (Å²) in [6.07, 6.45) is 4.42. The van der Waals surface area contributed by atoms with Gasteiger partial charge in [-0.15, -0.1) is 0 Å². The van der Waals surface area contributed by atoms with Gasteiger partial charge in [0.25, 0.3) is 5.91 Å². The van der Waals surface area contributed by atoms with Crippen molar-refractivity contribution in [3.05, 3.63) is 71.1 Å². The quantitative estimate of drug-likeness (QED) is 0.737. The van der Waals surface area contributed by atoms with Crippen molar-refractivity contribution in [2.45, 2.75) is 39.4 Å². The molecule has 1 aliphatic rings. The van der Waals surface area contributed by atoms with E-state index in [1.807, 2.05) is 36.2 Å². The molecule has 0 aliphatic carbocycles. The van der Waals surface area contributed by atoms with Gasteiger partial charge in [0.15, 0.2) is 0 Å². The van der Waals surface area contributed by atoms with Crippen LogP contribution in [0.4, 0.5) is 0 Å². The van der Waals surface area contributed by atoms with Gasteiger partial charge in [-0.3, -0.25) is 4.79 Å². The van der Waals surface area contributed by atoms with Gasteiger partial charge in [0.1, 0.15) is 17.1 Å². The number of rotatable bonds is 3. The molecule has 0 bridgehead atoms. The molecule has 0 fully saturated rings. The number of aryl methyl sites for hydroxylation is 2. The molecule has 0 saturated heterocycles. The molecule has 0 radical (unpaired) electrons. The highest BCUT2D eigenvalue weighted by Gasteiger charge is 2.34. The van der Waals surface area contributed by atoms with Crippen LogP contribution in [-0.4, -0.2) is 25.5 Å². The van der Waals surface area contributed by atoms with Crippen molar-refractivity contribution in [3.63, 3.8) is 0 Å². The molecule has 0 spiro atoms. The summed E-state index contributed by atoms with van der Waals surface area (Å²) >= 11 is 0. The third kappa shape index (κ3) is 2.63. The first-order valence-electron chi connectivity index (χ1n) is 8.50. The number of hydrogen-bond donors (Lipinski definition) is 0. The number of nitrogens with zero attached hydrogens (tertiary/aromatic N) is 4. The molecule has 0 saturated carbocycles. The lowest BCUT2D eigenvalue weighted by Gasteiger charge is -2.36. The molecule has 1 atom stereocenters. The number of carbonyl (C=O) groups is 1. The third-order valence-electron chi connectivity index (χ3n) is 4.79. The summed E-state index contributed by atoms with van der Waals surface area (Å²) in [4.78, 5) is 19.6. The summed E-state index contributed by atoms with van der Waals surface area (Å²) in [6.45, 7) is 4.93. The lowest BCUT2D eigenvalue weighted by Crippen LogP contribution is -2.41. The molecule has 3 aromatic rings. The van der Waals surface area contributed by atoms with Crippen molar-refractivity contribution in [3.8, 4) is 0 Å². The Hall–Kier alpha value is -2.89. The lowest BCUT2D eigenvalue weighted by atomic mass is 10.0. The maximum Gasteiger partial charge on any atom is 0.260 e. The molecule has 4 rings (SSSR count). The number of fused-ring (bicyclic) bond motifs is 1. The Kier molecular flexibility index (Phi) is 3.87. The van der Waals surface area contributed by atoms with E-state index in [1.165, 1.54) is 0 Å². The number of carbonyl (C=O) groups excluding carboxylic acids is 1.